The minimum Gasteiger partial charge on any atom is -0.497 e. The van der Waals surface area contributed by atoms with Crippen LogP contribution in [0.4, 0.5) is 0 Å². The Hall–Kier alpha value is -1.59. The van der Waals surface area contributed by atoms with E-state index in [0.717, 1.165) is 51.4 Å². The van der Waals surface area contributed by atoms with Crippen molar-refractivity contribution in [1.82, 2.24) is 15.1 Å². The molecule has 0 unspecified atom stereocenters. The fourth-order valence-electron chi connectivity index (χ4n) is 2.85. The second kappa shape index (κ2) is 9.64. The van der Waals surface area contributed by atoms with Crippen molar-refractivity contribution in [2.24, 2.45) is 5.92 Å². The van der Waals surface area contributed by atoms with E-state index in [2.05, 4.69) is 41.1 Å². The van der Waals surface area contributed by atoms with Gasteiger partial charge in [0.1, 0.15) is 5.75 Å². The average molecular weight is 333 g/mol. The van der Waals surface area contributed by atoms with Gasteiger partial charge in [-0.1, -0.05) is 26.0 Å². The number of carbonyl (C=O) groups excluding carboxylic acids is 1. The van der Waals surface area contributed by atoms with Gasteiger partial charge in [0.2, 0.25) is 5.91 Å². The van der Waals surface area contributed by atoms with Gasteiger partial charge < -0.3 is 10.1 Å². The summed E-state index contributed by atoms with van der Waals surface area (Å²) in [5, 5.41) is 3.02. The zero-order valence-corrected chi connectivity index (χ0v) is 15.3. The predicted octanol–water partition coefficient (Wildman–Crippen LogP) is 1.98. The quantitative estimate of drug-likeness (QED) is 0.790. The van der Waals surface area contributed by atoms with Crippen molar-refractivity contribution >= 4 is 5.91 Å². The fraction of sp³-hybridized carbons (Fsp3) is 0.632. The standard InChI is InChI=1S/C19H31N3O2/c1-16(2)8-9-20-19(23)15-22-12-10-21(11-13-22)14-17-4-6-18(24-3)7-5-17/h4-7,16H,8-15H2,1-3H3,(H,20,23). The molecule has 5 nitrogen and oxygen atoms in total. The molecule has 1 saturated heterocycles. The van der Waals surface area contributed by atoms with Crippen molar-refractivity contribution in [3.8, 4) is 5.75 Å². The molecular weight excluding hydrogens is 302 g/mol. The van der Waals surface area contributed by atoms with Crippen molar-refractivity contribution in [3.63, 3.8) is 0 Å². The highest BCUT2D eigenvalue weighted by atomic mass is 16.5. The van der Waals surface area contributed by atoms with E-state index in [-0.39, 0.29) is 5.91 Å². The number of rotatable bonds is 8. The third-order valence-electron chi connectivity index (χ3n) is 4.44. The SMILES string of the molecule is COc1ccc(CN2CCN(CC(=O)NCCC(C)C)CC2)cc1. The first kappa shape index (κ1) is 18.7. The summed E-state index contributed by atoms with van der Waals surface area (Å²) in [5.74, 6) is 1.68. The molecule has 0 bridgehead atoms. The van der Waals surface area contributed by atoms with Gasteiger partial charge in [-0.05, 0) is 30.0 Å². The van der Waals surface area contributed by atoms with E-state index in [9.17, 15) is 4.79 Å². The summed E-state index contributed by atoms with van der Waals surface area (Å²) in [6, 6.07) is 8.25. The predicted molar refractivity (Wildman–Crippen MR) is 97.2 cm³/mol. The third kappa shape index (κ3) is 6.49. The molecule has 1 aromatic rings. The highest BCUT2D eigenvalue weighted by molar-refractivity contribution is 5.77. The first-order valence-corrected chi connectivity index (χ1v) is 8.91. The molecule has 0 radical (unpaired) electrons. The molecule has 1 aromatic carbocycles. The lowest BCUT2D eigenvalue weighted by Gasteiger charge is -2.34. The van der Waals surface area contributed by atoms with Crippen molar-refractivity contribution in [3.05, 3.63) is 29.8 Å². The molecule has 0 aliphatic carbocycles. The van der Waals surface area contributed by atoms with Crippen LogP contribution in [0.1, 0.15) is 25.8 Å². The lowest BCUT2D eigenvalue weighted by atomic mass is 10.1. The van der Waals surface area contributed by atoms with E-state index in [1.807, 2.05) is 12.1 Å². The molecule has 5 heteroatoms. The van der Waals surface area contributed by atoms with E-state index in [0.29, 0.717) is 12.5 Å². The largest absolute Gasteiger partial charge is 0.497 e. The summed E-state index contributed by atoms with van der Waals surface area (Å²) in [5.41, 5.74) is 1.30. The van der Waals surface area contributed by atoms with Gasteiger partial charge in [-0.25, -0.2) is 0 Å². The van der Waals surface area contributed by atoms with E-state index >= 15 is 0 Å². The van der Waals surface area contributed by atoms with Gasteiger partial charge in [0.25, 0.3) is 0 Å². The highest BCUT2D eigenvalue weighted by Gasteiger charge is 2.18. The van der Waals surface area contributed by atoms with Crippen LogP contribution >= 0.6 is 0 Å². The van der Waals surface area contributed by atoms with Crippen LogP contribution in [0, 0.1) is 5.92 Å². The zero-order chi connectivity index (χ0) is 17.4. The maximum atomic E-state index is 11.9. The molecule has 0 atom stereocenters. The van der Waals surface area contributed by atoms with Gasteiger partial charge in [0.15, 0.2) is 0 Å². The van der Waals surface area contributed by atoms with Crippen LogP contribution < -0.4 is 10.1 Å². The van der Waals surface area contributed by atoms with Crippen LogP contribution in [-0.2, 0) is 11.3 Å². The summed E-state index contributed by atoms with van der Waals surface area (Å²) in [6.07, 6.45) is 1.04. The topological polar surface area (TPSA) is 44.8 Å². The number of hydrogen-bond donors (Lipinski definition) is 1. The Morgan fingerprint density at radius 1 is 1.12 bits per heavy atom. The molecule has 1 fully saturated rings. The normalized spacial score (nSPS) is 16.3. The van der Waals surface area contributed by atoms with E-state index in [1.54, 1.807) is 7.11 Å². The third-order valence-corrected chi connectivity index (χ3v) is 4.44. The second-order valence-electron chi connectivity index (χ2n) is 6.93. The molecule has 134 valence electrons. The molecule has 1 amide bonds. The smallest absolute Gasteiger partial charge is 0.234 e. The molecule has 1 heterocycles. The lowest BCUT2D eigenvalue weighted by molar-refractivity contribution is -0.122. The number of nitrogens with zero attached hydrogens (tertiary/aromatic N) is 2. The summed E-state index contributed by atoms with van der Waals surface area (Å²) in [7, 11) is 1.69. The van der Waals surface area contributed by atoms with Crippen LogP contribution in [0.2, 0.25) is 0 Å². The number of amides is 1. The Labute approximate surface area is 146 Å². The van der Waals surface area contributed by atoms with Crippen LogP contribution in [0.25, 0.3) is 0 Å². The average Bonchev–Trinajstić information content (AvgIpc) is 2.57. The number of methoxy groups -OCH3 is 1. The summed E-state index contributed by atoms with van der Waals surface area (Å²) in [6.45, 7) is 10.5. The Morgan fingerprint density at radius 2 is 1.75 bits per heavy atom. The van der Waals surface area contributed by atoms with Gasteiger partial charge in [0.05, 0.1) is 13.7 Å². The first-order valence-electron chi connectivity index (χ1n) is 8.91. The summed E-state index contributed by atoms with van der Waals surface area (Å²) in [4.78, 5) is 16.6. The Bertz CT molecular complexity index is 494. The number of nitrogens with one attached hydrogen (secondary N) is 1. The fourth-order valence-corrected chi connectivity index (χ4v) is 2.85. The molecule has 0 aromatic heterocycles. The van der Waals surface area contributed by atoms with E-state index in [1.165, 1.54) is 5.56 Å². The number of hydrogen-bond acceptors (Lipinski definition) is 4. The highest BCUT2D eigenvalue weighted by Crippen LogP contribution is 2.14. The molecule has 0 saturated carbocycles. The van der Waals surface area contributed by atoms with Crippen LogP contribution in [0.5, 0.6) is 5.75 Å². The summed E-state index contributed by atoms with van der Waals surface area (Å²) >= 11 is 0. The van der Waals surface area contributed by atoms with Crippen molar-refractivity contribution in [1.29, 1.82) is 0 Å². The molecule has 1 aliphatic heterocycles. The Morgan fingerprint density at radius 3 is 2.33 bits per heavy atom. The molecule has 1 aliphatic rings. The van der Waals surface area contributed by atoms with Crippen LogP contribution in [0.15, 0.2) is 24.3 Å². The Balaban J connectivity index is 1.66. The molecule has 1 N–H and O–H groups in total. The Kier molecular flexibility index (Phi) is 7.53. The maximum absolute atomic E-state index is 11.9. The van der Waals surface area contributed by atoms with Gasteiger partial charge in [-0.15, -0.1) is 0 Å². The van der Waals surface area contributed by atoms with Crippen LogP contribution in [-0.4, -0.2) is 62.1 Å². The maximum Gasteiger partial charge on any atom is 0.234 e. The van der Waals surface area contributed by atoms with Crippen molar-refractivity contribution in [2.75, 3.05) is 46.4 Å². The minimum absolute atomic E-state index is 0.152. The number of carbonyl (C=O) groups is 1. The lowest BCUT2D eigenvalue weighted by Crippen LogP contribution is -2.49. The summed E-state index contributed by atoms with van der Waals surface area (Å²) < 4.78 is 5.19. The van der Waals surface area contributed by atoms with Gasteiger partial charge in [0, 0.05) is 39.3 Å². The number of piperazine rings is 1. The van der Waals surface area contributed by atoms with Gasteiger partial charge in [-0.2, -0.15) is 0 Å². The molecular formula is C19H31N3O2. The van der Waals surface area contributed by atoms with Gasteiger partial charge >= 0.3 is 0 Å². The van der Waals surface area contributed by atoms with E-state index in [4.69, 9.17) is 4.74 Å². The number of ether oxygens (including phenoxy) is 1. The number of benzene rings is 1. The van der Waals surface area contributed by atoms with Crippen molar-refractivity contribution in [2.45, 2.75) is 26.8 Å². The second-order valence-corrected chi connectivity index (χ2v) is 6.93. The first-order chi connectivity index (χ1) is 11.6. The molecule has 24 heavy (non-hydrogen) atoms. The van der Waals surface area contributed by atoms with Gasteiger partial charge in [-0.3, -0.25) is 14.6 Å². The van der Waals surface area contributed by atoms with Crippen molar-refractivity contribution < 1.29 is 9.53 Å². The molecule has 2 rings (SSSR count). The van der Waals surface area contributed by atoms with Crippen LogP contribution in [0.3, 0.4) is 0 Å². The minimum atomic E-state index is 0.152. The zero-order valence-electron chi connectivity index (χ0n) is 15.3. The molecule has 0 spiro atoms. The monoisotopic (exact) mass is 333 g/mol. The van der Waals surface area contributed by atoms with E-state index < -0.39 is 0 Å².